The number of amides is 1. The number of fused-ring (bicyclic) bond motifs is 1. The van der Waals surface area contributed by atoms with Crippen LogP contribution in [0.1, 0.15) is 21.6 Å². The number of anilines is 1. The van der Waals surface area contributed by atoms with E-state index in [2.05, 4.69) is 36.0 Å². The topological polar surface area (TPSA) is 71.7 Å². The average molecular weight is 463 g/mol. The van der Waals surface area contributed by atoms with Gasteiger partial charge in [0.1, 0.15) is 0 Å². The number of morpholine rings is 1. The van der Waals surface area contributed by atoms with Crippen LogP contribution in [-0.2, 0) is 4.74 Å². The number of hydrogen-bond donors (Lipinski definition) is 0. The summed E-state index contributed by atoms with van der Waals surface area (Å²) in [5.41, 5.74) is 4.48. The summed E-state index contributed by atoms with van der Waals surface area (Å²) in [4.78, 5) is 22.5. The zero-order valence-corrected chi connectivity index (χ0v) is 19.6. The lowest BCUT2D eigenvalue weighted by Gasteiger charge is -2.28. The number of benzene rings is 2. The third-order valence-electron chi connectivity index (χ3n) is 6.00. The predicted octanol–water partition coefficient (Wildman–Crippen LogP) is 4.55. The minimum Gasteiger partial charge on any atom is -0.379 e. The maximum Gasteiger partial charge on any atom is 0.282 e. The van der Waals surface area contributed by atoms with Crippen LogP contribution < -0.4 is 4.90 Å². The van der Waals surface area contributed by atoms with Gasteiger partial charge in [-0.25, -0.2) is 4.98 Å². The molecule has 1 amide bonds. The lowest BCUT2D eigenvalue weighted by atomic mass is 10.1. The fraction of sp³-hybridized carbons (Fsp3) is 0.320. The summed E-state index contributed by atoms with van der Waals surface area (Å²) in [5.74, 6) is 0.365. The number of aryl methyl sites for hydroxylation is 2. The Bertz CT molecular complexity index is 1220. The second-order valence-electron chi connectivity index (χ2n) is 8.25. The standard InChI is InChI=1S/C25H26N4O3S/c1-17-14-20-23(15-18(17)2)33-25(26-20)29(9-8-28-10-12-31-13-11-28)24(30)21-16-22(32-27-21)19-6-4-3-5-7-19/h3-7,14-16H,8-13H2,1-2H3. The molecule has 0 N–H and O–H groups in total. The fourth-order valence-corrected chi connectivity index (χ4v) is 4.96. The van der Waals surface area contributed by atoms with E-state index < -0.39 is 0 Å². The lowest BCUT2D eigenvalue weighted by Crippen LogP contribution is -2.43. The van der Waals surface area contributed by atoms with Crippen LogP contribution in [0.15, 0.2) is 53.1 Å². The number of rotatable bonds is 6. The van der Waals surface area contributed by atoms with Crippen LogP contribution in [0.2, 0.25) is 0 Å². The van der Waals surface area contributed by atoms with Gasteiger partial charge in [0.2, 0.25) is 0 Å². The van der Waals surface area contributed by atoms with Crippen molar-refractivity contribution in [3.05, 3.63) is 65.4 Å². The Balaban J connectivity index is 1.45. The Hall–Kier alpha value is -3.07. The van der Waals surface area contributed by atoms with Crippen LogP contribution >= 0.6 is 11.3 Å². The van der Waals surface area contributed by atoms with Crippen LogP contribution in [0, 0.1) is 13.8 Å². The van der Waals surface area contributed by atoms with Crippen molar-refractivity contribution < 1.29 is 14.1 Å². The molecule has 7 nitrogen and oxygen atoms in total. The van der Waals surface area contributed by atoms with Crippen molar-refractivity contribution in [3.8, 4) is 11.3 Å². The first-order chi connectivity index (χ1) is 16.1. The van der Waals surface area contributed by atoms with Gasteiger partial charge in [0, 0.05) is 37.8 Å². The first kappa shape index (κ1) is 21.8. The van der Waals surface area contributed by atoms with Crippen molar-refractivity contribution >= 4 is 32.6 Å². The number of ether oxygens (including phenoxy) is 1. The van der Waals surface area contributed by atoms with Crippen LogP contribution in [-0.4, -0.2) is 60.3 Å². The number of carbonyl (C=O) groups is 1. The molecule has 2 aromatic heterocycles. The van der Waals surface area contributed by atoms with Gasteiger partial charge in [-0.3, -0.25) is 14.6 Å². The van der Waals surface area contributed by atoms with E-state index in [4.69, 9.17) is 14.2 Å². The van der Waals surface area contributed by atoms with Crippen LogP contribution in [0.5, 0.6) is 0 Å². The van der Waals surface area contributed by atoms with Gasteiger partial charge >= 0.3 is 0 Å². The number of nitrogens with zero attached hydrogens (tertiary/aromatic N) is 4. The molecular formula is C25H26N4O3S. The average Bonchev–Trinajstić information content (AvgIpc) is 3.48. The highest BCUT2D eigenvalue weighted by Gasteiger charge is 2.26. The van der Waals surface area contributed by atoms with Gasteiger partial charge in [-0.2, -0.15) is 0 Å². The molecule has 8 heteroatoms. The van der Waals surface area contributed by atoms with Crippen LogP contribution in [0.3, 0.4) is 0 Å². The molecule has 3 heterocycles. The smallest absolute Gasteiger partial charge is 0.282 e. The van der Waals surface area contributed by atoms with E-state index >= 15 is 0 Å². The summed E-state index contributed by atoms with van der Waals surface area (Å²) < 4.78 is 12.0. The normalized spacial score (nSPS) is 14.6. The van der Waals surface area contributed by atoms with E-state index in [0.29, 0.717) is 17.4 Å². The molecule has 1 aliphatic rings. The Morgan fingerprint density at radius 3 is 2.64 bits per heavy atom. The van der Waals surface area contributed by atoms with Gasteiger partial charge in [-0.15, -0.1) is 0 Å². The molecule has 0 unspecified atom stereocenters. The zero-order chi connectivity index (χ0) is 22.8. The summed E-state index contributed by atoms with van der Waals surface area (Å²) >= 11 is 1.53. The largest absolute Gasteiger partial charge is 0.379 e. The van der Waals surface area contributed by atoms with Gasteiger partial charge in [0.25, 0.3) is 5.91 Å². The van der Waals surface area contributed by atoms with Gasteiger partial charge in [-0.05, 0) is 37.1 Å². The molecule has 0 saturated carbocycles. The SMILES string of the molecule is Cc1cc2nc(N(CCN3CCOCC3)C(=O)c3cc(-c4ccccc4)on3)sc2cc1C. The first-order valence-corrected chi connectivity index (χ1v) is 11.9. The molecule has 170 valence electrons. The maximum atomic E-state index is 13.6. The van der Waals surface area contributed by atoms with E-state index in [9.17, 15) is 4.79 Å². The minimum atomic E-state index is -0.207. The molecule has 1 fully saturated rings. The van der Waals surface area contributed by atoms with Gasteiger partial charge < -0.3 is 9.26 Å². The third-order valence-corrected chi connectivity index (χ3v) is 7.04. The molecular weight excluding hydrogens is 436 g/mol. The summed E-state index contributed by atoms with van der Waals surface area (Å²) in [6, 6.07) is 15.6. The van der Waals surface area contributed by atoms with Gasteiger partial charge in [-0.1, -0.05) is 46.8 Å². The summed E-state index contributed by atoms with van der Waals surface area (Å²) in [5, 5.41) is 4.77. The number of hydrogen-bond acceptors (Lipinski definition) is 7. The number of aromatic nitrogens is 2. The second-order valence-corrected chi connectivity index (χ2v) is 9.26. The summed E-state index contributed by atoms with van der Waals surface area (Å²) in [6.45, 7) is 8.60. The summed E-state index contributed by atoms with van der Waals surface area (Å²) in [7, 11) is 0. The molecule has 33 heavy (non-hydrogen) atoms. The molecule has 0 aliphatic carbocycles. The molecule has 1 saturated heterocycles. The van der Waals surface area contributed by atoms with Crippen LogP contribution in [0.25, 0.3) is 21.5 Å². The molecule has 5 rings (SSSR count). The van der Waals surface area contributed by atoms with Crippen molar-refractivity contribution in [2.75, 3.05) is 44.3 Å². The Morgan fingerprint density at radius 1 is 1.09 bits per heavy atom. The minimum absolute atomic E-state index is 0.207. The third kappa shape index (κ3) is 4.68. The van der Waals surface area contributed by atoms with Crippen molar-refractivity contribution in [1.82, 2.24) is 15.0 Å². The van der Waals surface area contributed by atoms with Gasteiger partial charge in [0.05, 0.1) is 23.4 Å². The summed E-state index contributed by atoms with van der Waals surface area (Å²) in [6.07, 6.45) is 0. The number of carbonyl (C=O) groups excluding carboxylic acids is 1. The van der Waals surface area contributed by atoms with Crippen molar-refractivity contribution in [1.29, 1.82) is 0 Å². The molecule has 1 aliphatic heterocycles. The maximum absolute atomic E-state index is 13.6. The van der Waals surface area contributed by atoms with Crippen molar-refractivity contribution in [2.24, 2.45) is 0 Å². The van der Waals surface area contributed by atoms with E-state index in [-0.39, 0.29) is 11.6 Å². The predicted molar refractivity (Wildman–Crippen MR) is 130 cm³/mol. The van der Waals surface area contributed by atoms with Crippen molar-refractivity contribution in [2.45, 2.75) is 13.8 Å². The molecule has 2 aromatic carbocycles. The molecule has 0 radical (unpaired) electrons. The highest BCUT2D eigenvalue weighted by Crippen LogP contribution is 2.32. The second kappa shape index (κ2) is 9.43. The molecule has 0 spiro atoms. The fourth-order valence-electron chi connectivity index (χ4n) is 3.89. The molecule has 0 atom stereocenters. The van der Waals surface area contributed by atoms with Crippen molar-refractivity contribution in [3.63, 3.8) is 0 Å². The monoisotopic (exact) mass is 462 g/mol. The Kier molecular flexibility index (Phi) is 6.22. The zero-order valence-electron chi connectivity index (χ0n) is 18.8. The Morgan fingerprint density at radius 2 is 1.85 bits per heavy atom. The lowest BCUT2D eigenvalue weighted by molar-refractivity contribution is 0.0391. The van der Waals surface area contributed by atoms with Gasteiger partial charge in [0.15, 0.2) is 16.6 Å². The molecule has 4 aromatic rings. The van der Waals surface area contributed by atoms with E-state index in [1.54, 1.807) is 11.0 Å². The van der Waals surface area contributed by atoms with E-state index in [1.165, 1.54) is 22.5 Å². The van der Waals surface area contributed by atoms with E-state index in [0.717, 1.165) is 48.6 Å². The number of thiazole rings is 1. The Labute approximate surface area is 196 Å². The molecule has 0 bridgehead atoms. The van der Waals surface area contributed by atoms with E-state index in [1.807, 2.05) is 30.3 Å². The van der Waals surface area contributed by atoms with Crippen LogP contribution in [0.4, 0.5) is 5.13 Å². The first-order valence-electron chi connectivity index (χ1n) is 11.1. The highest BCUT2D eigenvalue weighted by atomic mass is 32.1. The highest BCUT2D eigenvalue weighted by molar-refractivity contribution is 7.22. The quantitative estimate of drug-likeness (QED) is 0.419.